The van der Waals surface area contributed by atoms with Gasteiger partial charge in [0.1, 0.15) is 0 Å². The number of azo groups is 1. The molecule has 2 nitrogen and oxygen atoms in total. The largest absolute Gasteiger partial charge is 0.159 e. The highest BCUT2D eigenvalue weighted by Gasteiger charge is 1.95. The van der Waals surface area contributed by atoms with Crippen molar-refractivity contribution in [2.75, 3.05) is 0 Å². The van der Waals surface area contributed by atoms with Crippen LogP contribution in [-0.4, -0.2) is 0 Å². The summed E-state index contributed by atoms with van der Waals surface area (Å²) in [6.07, 6.45) is 7.51. The molecule has 12 heavy (non-hydrogen) atoms. The van der Waals surface area contributed by atoms with Crippen LogP contribution in [0.25, 0.3) is 6.08 Å². The molecule has 0 spiro atoms. The molecule has 0 N–H and O–H groups in total. The molecule has 0 saturated heterocycles. The Hall–Kier alpha value is -1.70. The highest BCUT2D eigenvalue weighted by atomic mass is 15.1. The first-order chi connectivity index (χ1) is 5.97. The molecule has 0 unspecified atom stereocenters. The van der Waals surface area contributed by atoms with Gasteiger partial charge in [0.2, 0.25) is 0 Å². The van der Waals surface area contributed by atoms with E-state index in [1.807, 2.05) is 42.5 Å². The van der Waals surface area contributed by atoms with Crippen molar-refractivity contribution in [3.63, 3.8) is 0 Å². The molecule has 1 heterocycles. The van der Waals surface area contributed by atoms with Gasteiger partial charge in [0.25, 0.3) is 0 Å². The van der Waals surface area contributed by atoms with Gasteiger partial charge in [-0.1, -0.05) is 30.4 Å². The van der Waals surface area contributed by atoms with Crippen LogP contribution in [0.3, 0.4) is 0 Å². The Morgan fingerprint density at radius 1 is 1.00 bits per heavy atom. The van der Waals surface area contributed by atoms with E-state index in [1.165, 1.54) is 0 Å². The highest BCUT2D eigenvalue weighted by molar-refractivity contribution is 5.64. The Kier molecular flexibility index (Phi) is 1.82. The number of rotatable bonds is 0. The lowest BCUT2D eigenvalue weighted by Crippen LogP contribution is -1.73. The number of hydrogen-bond donors (Lipinski definition) is 0. The summed E-state index contributed by atoms with van der Waals surface area (Å²) in [5.41, 5.74) is 2.02. The fourth-order valence-corrected chi connectivity index (χ4v) is 1.06. The van der Waals surface area contributed by atoms with Crippen LogP contribution < -0.4 is 0 Å². The number of fused-ring (bicyclic) bond motifs is 1. The Morgan fingerprint density at radius 3 is 2.92 bits per heavy atom. The Bertz CT molecular complexity index is 327. The third-order valence-electron chi connectivity index (χ3n) is 1.64. The summed E-state index contributed by atoms with van der Waals surface area (Å²) in [6.45, 7) is 0. The molecule has 1 aliphatic rings. The van der Waals surface area contributed by atoms with Crippen LogP contribution in [0.2, 0.25) is 0 Å². The van der Waals surface area contributed by atoms with E-state index in [4.69, 9.17) is 0 Å². The quantitative estimate of drug-likeness (QED) is 0.550. The fourth-order valence-electron chi connectivity index (χ4n) is 1.06. The van der Waals surface area contributed by atoms with Crippen LogP contribution in [0, 0.1) is 0 Å². The monoisotopic (exact) mass is 156 g/mol. The molecule has 0 saturated carbocycles. The van der Waals surface area contributed by atoms with Crippen LogP contribution in [0.1, 0.15) is 5.56 Å². The standard InChI is InChI=1S/C10H8N2/c1-2-7-10-9(5-1)6-3-4-8-11-12-10/h1-8H/b4-3?,6-3-,8-4?,9-6?,11-8?,12-10?,12-11?. The molecule has 2 rings (SSSR count). The van der Waals surface area contributed by atoms with Crippen LogP contribution in [0.4, 0.5) is 5.69 Å². The predicted molar refractivity (Wildman–Crippen MR) is 49.1 cm³/mol. The summed E-state index contributed by atoms with van der Waals surface area (Å²) >= 11 is 0. The molecule has 0 aliphatic carbocycles. The van der Waals surface area contributed by atoms with Gasteiger partial charge in [-0.05, 0) is 12.1 Å². The molecule has 0 atom stereocenters. The molecule has 1 aromatic rings. The summed E-state index contributed by atoms with van der Waals surface area (Å²) in [7, 11) is 0. The van der Waals surface area contributed by atoms with E-state index < -0.39 is 0 Å². The number of hydrogen-bond acceptors (Lipinski definition) is 2. The van der Waals surface area contributed by atoms with Crippen molar-refractivity contribution >= 4 is 11.8 Å². The number of nitrogens with zero attached hydrogens (tertiary/aromatic N) is 2. The lowest BCUT2D eigenvalue weighted by atomic mass is 10.1. The van der Waals surface area contributed by atoms with Crippen molar-refractivity contribution < 1.29 is 0 Å². The van der Waals surface area contributed by atoms with Gasteiger partial charge in [-0.2, -0.15) is 10.2 Å². The Balaban J connectivity index is 2.54. The maximum absolute atomic E-state index is 4.03. The third-order valence-corrected chi connectivity index (χ3v) is 1.64. The van der Waals surface area contributed by atoms with E-state index in [2.05, 4.69) is 10.2 Å². The van der Waals surface area contributed by atoms with Crippen LogP contribution in [0.15, 0.2) is 52.8 Å². The molecule has 1 aliphatic heterocycles. The molecular weight excluding hydrogens is 148 g/mol. The first-order valence-electron chi connectivity index (χ1n) is 3.80. The summed E-state index contributed by atoms with van der Waals surface area (Å²) in [5.74, 6) is 0. The Labute approximate surface area is 71.0 Å². The molecule has 0 fully saturated rings. The molecule has 0 aromatic heterocycles. The average Bonchev–Trinajstić information content (AvgIpc) is 2.06. The molecule has 0 radical (unpaired) electrons. The summed E-state index contributed by atoms with van der Waals surface area (Å²) in [5, 5.41) is 7.90. The van der Waals surface area contributed by atoms with Gasteiger partial charge in [-0.25, -0.2) is 0 Å². The second kappa shape index (κ2) is 3.13. The van der Waals surface area contributed by atoms with Gasteiger partial charge in [-0.3, -0.25) is 0 Å². The third kappa shape index (κ3) is 1.32. The highest BCUT2D eigenvalue weighted by Crippen LogP contribution is 2.21. The minimum Gasteiger partial charge on any atom is -0.159 e. The fraction of sp³-hybridized carbons (Fsp3) is 0. The second-order valence-corrected chi connectivity index (χ2v) is 2.47. The SMILES string of the molecule is C1=CN=Nc2ccccc2/C=C\1. The summed E-state index contributed by atoms with van der Waals surface area (Å²) in [4.78, 5) is 0. The molecule has 0 amide bonds. The van der Waals surface area contributed by atoms with Gasteiger partial charge < -0.3 is 0 Å². The van der Waals surface area contributed by atoms with Crippen molar-refractivity contribution in [3.05, 3.63) is 48.2 Å². The zero-order valence-electron chi connectivity index (χ0n) is 6.51. The number of benzene rings is 1. The van der Waals surface area contributed by atoms with Crippen molar-refractivity contribution in [1.82, 2.24) is 0 Å². The lowest BCUT2D eigenvalue weighted by molar-refractivity contribution is 1.22. The van der Waals surface area contributed by atoms with Crippen LogP contribution >= 0.6 is 0 Å². The first-order valence-corrected chi connectivity index (χ1v) is 3.80. The van der Waals surface area contributed by atoms with Gasteiger partial charge >= 0.3 is 0 Å². The smallest absolute Gasteiger partial charge is 0.0929 e. The zero-order valence-corrected chi connectivity index (χ0v) is 6.51. The molecule has 0 bridgehead atoms. The minimum atomic E-state index is 0.915. The van der Waals surface area contributed by atoms with E-state index in [0.29, 0.717) is 0 Å². The van der Waals surface area contributed by atoms with Gasteiger partial charge in [0.05, 0.1) is 5.69 Å². The summed E-state index contributed by atoms with van der Waals surface area (Å²) in [6, 6.07) is 7.91. The van der Waals surface area contributed by atoms with E-state index in [-0.39, 0.29) is 0 Å². The zero-order chi connectivity index (χ0) is 8.23. The van der Waals surface area contributed by atoms with Crippen molar-refractivity contribution in [1.29, 1.82) is 0 Å². The van der Waals surface area contributed by atoms with Crippen LogP contribution in [-0.2, 0) is 0 Å². The van der Waals surface area contributed by atoms with Crippen molar-refractivity contribution in [3.8, 4) is 0 Å². The predicted octanol–water partition coefficient (Wildman–Crippen LogP) is 3.31. The van der Waals surface area contributed by atoms with Gasteiger partial charge in [0.15, 0.2) is 0 Å². The van der Waals surface area contributed by atoms with Gasteiger partial charge in [-0.15, -0.1) is 0 Å². The van der Waals surface area contributed by atoms with Crippen molar-refractivity contribution in [2.45, 2.75) is 0 Å². The normalized spacial score (nSPS) is 16.3. The molecular formula is C10H8N2. The topological polar surface area (TPSA) is 24.7 Å². The first kappa shape index (κ1) is 6.98. The summed E-state index contributed by atoms with van der Waals surface area (Å²) < 4.78 is 0. The van der Waals surface area contributed by atoms with E-state index in [0.717, 1.165) is 11.3 Å². The molecule has 58 valence electrons. The maximum Gasteiger partial charge on any atom is 0.0929 e. The van der Waals surface area contributed by atoms with E-state index in [9.17, 15) is 0 Å². The van der Waals surface area contributed by atoms with E-state index >= 15 is 0 Å². The number of allylic oxidation sites excluding steroid dienone is 2. The molecule has 2 heteroatoms. The van der Waals surface area contributed by atoms with Crippen molar-refractivity contribution in [2.24, 2.45) is 10.2 Å². The maximum atomic E-state index is 4.03. The lowest BCUT2D eigenvalue weighted by Gasteiger charge is -1.98. The Morgan fingerprint density at radius 2 is 1.92 bits per heavy atom. The second-order valence-electron chi connectivity index (χ2n) is 2.47. The van der Waals surface area contributed by atoms with Crippen LogP contribution in [0.5, 0.6) is 0 Å². The minimum absolute atomic E-state index is 0.915. The average molecular weight is 156 g/mol. The molecule has 1 aromatic carbocycles. The van der Waals surface area contributed by atoms with Gasteiger partial charge in [0, 0.05) is 11.8 Å². The van der Waals surface area contributed by atoms with E-state index in [1.54, 1.807) is 6.20 Å².